The fraction of sp³-hybridized carbons (Fsp3) is 0.278. The van der Waals surface area contributed by atoms with Gasteiger partial charge in [0.2, 0.25) is 0 Å². The first-order valence-corrected chi connectivity index (χ1v) is 7.25. The molecule has 0 bridgehead atoms. The maximum absolute atomic E-state index is 12.9. The third-order valence-corrected chi connectivity index (χ3v) is 3.97. The van der Waals surface area contributed by atoms with Crippen LogP contribution in [0.5, 0.6) is 0 Å². The average molecular weight is 282 g/mol. The number of benzene rings is 2. The Labute approximate surface area is 124 Å². The first-order valence-electron chi connectivity index (χ1n) is 7.25. The normalized spacial score (nSPS) is 18.5. The Hall–Kier alpha value is -2.16. The van der Waals surface area contributed by atoms with Crippen molar-refractivity contribution in [2.24, 2.45) is 0 Å². The second-order valence-electron chi connectivity index (χ2n) is 5.42. The summed E-state index contributed by atoms with van der Waals surface area (Å²) in [5, 5.41) is 0. The lowest BCUT2D eigenvalue weighted by atomic mass is 9.90. The summed E-state index contributed by atoms with van der Waals surface area (Å²) in [5.74, 6) is 0.00179. The monoisotopic (exact) mass is 282 g/mol. The summed E-state index contributed by atoms with van der Waals surface area (Å²) in [4.78, 5) is 14.3. The van der Waals surface area contributed by atoms with E-state index >= 15 is 0 Å². The molecule has 107 valence electrons. The minimum Gasteiger partial charge on any atom is -0.338 e. The summed E-state index contributed by atoms with van der Waals surface area (Å²) in [7, 11) is 0. The lowest BCUT2D eigenvalue weighted by Crippen LogP contribution is -2.39. The third kappa shape index (κ3) is 3.13. The minimum absolute atomic E-state index is 0.0179. The topological polar surface area (TPSA) is 20.3 Å². The number of halogens is 1. The summed E-state index contributed by atoms with van der Waals surface area (Å²) < 4.78 is 12.9. The minimum atomic E-state index is -0.318. The molecule has 1 radical (unpaired) electrons. The summed E-state index contributed by atoms with van der Waals surface area (Å²) in [6, 6.07) is 17.0. The van der Waals surface area contributed by atoms with Crippen molar-refractivity contribution in [1.82, 2.24) is 4.90 Å². The van der Waals surface area contributed by atoms with Crippen LogP contribution in [-0.2, 0) is 0 Å². The van der Waals surface area contributed by atoms with Crippen molar-refractivity contribution >= 4 is 5.91 Å². The van der Waals surface area contributed by atoms with Crippen LogP contribution in [0.1, 0.15) is 34.7 Å². The molecule has 0 saturated carbocycles. The van der Waals surface area contributed by atoms with Gasteiger partial charge in [0.25, 0.3) is 5.91 Å². The molecule has 1 saturated heterocycles. The van der Waals surface area contributed by atoms with Crippen molar-refractivity contribution in [3.05, 3.63) is 71.5 Å². The molecular weight excluding hydrogens is 265 g/mol. The van der Waals surface area contributed by atoms with Crippen molar-refractivity contribution in [2.45, 2.75) is 18.8 Å². The lowest BCUT2D eigenvalue weighted by Gasteiger charge is -2.33. The summed E-state index contributed by atoms with van der Waals surface area (Å²) >= 11 is 0. The summed E-state index contributed by atoms with van der Waals surface area (Å²) in [5.41, 5.74) is 1.71. The zero-order valence-electron chi connectivity index (χ0n) is 11.8. The molecule has 1 aliphatic rings. The smallest absolute Gasteiger partial charge is 0.253 e. The first kappa shape index (κ1) is 13.8. The molecule has 3 rings (SSSR count). The molecule has 1 fully saturated rings. The van der Waals surface area contributed by atoms with Crippen LogP contribution in [-0.4, -0.2) is 23.9 Å². The van der Waals surface area contributed by atoms with Crippen LogP contribution in [0.2, 0.25) is 0 Å². The van der Waals surface area contributed by atoms with Gasteiger partial charge in [-0.15, -0.1) is 0 Å². The quantitative estimate of drug-likeness (QED) is 0.823. The molecule has 2 nitrogen and oxygen atoms in total. The second-order valence-corrected chi connectivity index (χ2v) is 5.42. The predicted molar refractivity (Wildman–Crippen MR) is 79.6 cm³/mol. The Bertz CT molecular complexity index is 609. The number of carbonyl (C=O) groups is 1. The van der Waals surface area contributed by atoms with E-state index in [2.05, 4.69) is 12.1 Å². The summed E-state index contributed by atoms with van der Waals surface area (Å²) in [6.45, 7) is 1.47. The zero-order chi connectivity index (χ0) is 14.7. The highest BCUT2D eigenvalue weighted by Gasteiger charge is 2.25. The van der Waals surface area contributed by atoms with Crippen molar-refractivity contribution in [3.8, 4) is 0 Å². The van der Waals surface area contributed by atoms with E-state index in [4.69, 9.17) is 0 Å². The second kappa shape index (κ2) is 6.08. The molecule has 1 atom stereocenters. The van der Waals surface area contributed by atoms with Gasteiger partial charge in [-0.2, -0.15) is 0 Å². The Morgan fingerprint density at radius 2 is 2.00 bits per heavy atom. The van der Waals surface area contributed by atoms with Crippen molar-refractivity contribution in [3.63, 3.8) is 0 Å². The zero-order valence-corrected chi connectivity index (χ0v) is 11.8. The molecule has 21 heavy (non-hydrogen) atoms. The molecule has 3 heteroatoms. The molecule has 1 amide bonds. The molecule has 0 spiro atoms. The van der Waals surface area contributed by atoms with Crippen LogP contribution < -0.4 is 0 Å². The molecule has 1 unspecified atom stereocenters. The van der Waals surface area contributed by atoms with Crippen molar-refractivity contribution in [2.75, 3.05) is 13.1 Å². The Morgan fingerprint density at radius 3 is 2.71 bits per heavy atom. The van der Waals surface area contributed by atoms with E-state index in [9.17, 15) is 9.18 Å². The molecule has 0 N–H and O–H groups in total. The van der Waals surface area contributed by atoms with Gasteiger partial charge in [0.1, 0.15) is 5.82 Å². The van der Waals surface area contributed by atoms with Gasteiger partial charge in [-0.25, -0.2) is 4.39 Å². The van der Waals surface area contributed by atoms with Gasteiger partial charge in [-0.1, -0.05) is 24.3 Å². The molecule has 1 aliphatic heterocycles. The van der Waals surface area contributed by atoms with Gasteiger partial charge in [-0.3, -0.25) is 4.79 Å². The standard InChI is InChI=1S/C18H17FNO/c19-17-10-8-15(9-11-17)18(21)20-12-4-7-16(13-20)14-5-2-1-3-6-14/h1-3,5,8-11,16H,4,7,12-13H2. The number of hydrogen-bond acceptors (Lipinski definition) is 1. The van der Waals surface area contributed by atoms with Gasteiger partial charge in [0.15, 0.2) is 0 Å². The molecule has 0 aliphatic carbocycles. The fourth-order valence-electron chi connectivity index (χ4n) is 2.85. The Kier molecular flexibility index (Phi) is 4.00. The van der Waals surface area contributed by atoms with Crippen LogP contribution >= 0.6 is 0 Å². The predicted octanol–water partition coefficient (Wildman–Crippen LogP) is 3.65. The van der Waals surface area contributed by atoms with Crippen LogP contribution in [0.15, 0.2) is 48.5 Å². The number of piperidine rings is 1. The fourth-order valence-corrected chi connectivity index (χ4v) is 2.85. The average Bonchev–Trinajstić information content (AvgIpc) is 2.56. The lowest BCUT2D eigenvalue weighted by molar-refractivity contribution is 0.0707. The maximum Gasteiger partial charge on any atom is 0.253 e. The van der Waals surface area contributed by atoms with E-state index in [1.165, 1.54) is 12.1 Å². The Morgan fingerprint density at radius 1 is 1.19 bits per heavy atom. The third-order valence-electron chi connectivity index (χ3n) is 3.97. The van der Waals surface area contributed by atoms with E-state index in [1.807, 2.05) is 23.1 Å². The molecule has 0 aromatic heterocycles. The van der Waals surface area contributed by atoms with E-state index in [1.54, 1.807) is 12.1 Å². The van der Waals surface area contributed by atoms with Crippen molar-refractivity contribution in [1.29, 1.82) is 0 Å². The van der Waals surface area contributed by atoms with Gasteiger partial charge in [-0.05, 0) is 48.7 Å². The SMILES string of the molecule is O=C(c1ccc(F)cc1)N1CCCC(c2[c]cccc2)C1. The van der Waals surface area contributed by atoms with Gasteiger partial charge >= 0.3 is 0 Å². The van der Waals surface area contributed by atoms with E-state index in [-0.39, 0.29) is 11.7 Å². The number of amides is 1. The van der Waals surface area contributed by atoms with E-state index < -0.39 is 0 Å². The molecule has 1 heterocycles. The van der Waals surface area contributed by atoms with Gasteiger partial charge in [0, 0.05) is 24.6 Å². The molecule has 2 aromatic rings. The first-order chi connectivity index (χ1) is 10.2. The molecule has 2 aromatic carbocycles. The number of nitrogens with zero attached hydrogens (tertiary/aromatic N) is 1. The largest absolute Gasteiger partial charge is 0.338 e. The summed E-state index contributed by atoms with van der Waals surface area (Å²) in [6.07, 6.45) is 2.06. The van der Waals surface area contributed by atoms with Crippen LogP contribution in [0.25, 0.3) is 0 Å². The molecular formula is C18H17FNO. The van der Waals surface area contributed by atoms with E-state index in [0.717, 1.165) is 24.9 Å². The number of rotatable bonds is 2. The number of likely N-dealkylation sites (tertiary alicyclic amines) is 1. The number of hydrogen-bond donors (Lipinski definition) is 0. The highest BCUT2D eigenvalue weighted by atomic mass is 19.1. The van der Waals surface area contributed by atoms with Gasteiger partial charge in [0.05, 0.1) is 0 Å². The van der Waals surface area contributed by atoms with Crippen LogP contribution in [0.3, 0.4) is 0 Å². The van der Waals surface area contributed by atoms with E-state index in [0.29, 0.717) is 18.0 Å². The highest BCUT2D eigenvalue weighted by Crippen LogP contribution is 2.27. The van der Waals surface area contributed by atoms with Crippen LogP contribution in [0, 0.1) is 11.9 Å². The van der Waals surface area contributed by atoms with Gasteiger partial charge < -0.3 is 4.90 Å². The van der Waals surface area contributed by atoms with Crippen molar-refractivity contribution < 1.29 is 9.18 Å². The van der Waals surface area contributed by atoms with Crippen LogP contribution in [0.4, 0.5) is 4.39 Å². The number of carbonyl (C=O) groups excluding carboxylic acids is 1. The highest BCUT2D eigenvalue weighted by molar-refractivity contribution is 5.94. The maximum atomic E-state index is 12.9. The Balaban J connectivity index is 1.74.